The van der Waals surface area contributed by atoms with Crippen molar-refractivity contribution in [1.82, 2.24) is 5.32 Å². The lowest BCUT2D eigenvalue weighted by molar-refractivity contribution is -0.140. The maximum absolute atomic E-state index is 11.2. The average Bonchev–Trinajstić information content (AvgIpc) is 2.32. The molecular weight excluding hydrogens is 318 g/mol. The maximum Gasteiger partial charge on any atom is 0.320 e. The predicted molar refractivity (Wildman–Crippen MR) is 83.9 cm³/mol. The number of carbonyl (C=O) groups is 1. The summed E-state index contributed by atoms with van der Waals surface area (Å²) in [6, 6.07) is 8.35. The quantitative estimate of drug-likeness (QED) is 0.828. The van der Waals surface area contributed by atoms with Gasteiger partial charge in [-0.25, -0.2) is 0 Å². The highest BCUT2D eigenvalue weighted by Gasteiger charge is 2.33. The van der Waals surface area contributed by atoms with Crippen molar-refractivity contribution in [2.75, 3.05) is 0 Å². The number of hydrogen-bond donors (Lipinski definition) is 2. The van der Waals surface area contributed by atoms with Crippen LogP contribution in [0.25, 0.3) is 0 Å². The molecule has 1 saturated carbocycles. The zero-order chi connectivity index (χ0) is 14.7. The van der Waals surface area contributed by atoms with Gasteiger partial charge in [0.05, 0.1) is 0 Å². The van der Waals surface area contributed by atoms with Gasteiger partial charge in [0.25, 0.3) is 0 Å². The third kappa shape index (κ3) is 4.06. The van der Waals surface area contributed by atoms with Crippen molar-refractivity contribution in [2.45, 2.75) is 51.1 Å². The van der Waals surface area contributed by atoms with E-state index in [2.05, 4.69) is 59.4 Å². The first-order valence-corrected chi connectivity index (χ1v) is 7.99. The largest absolute Gasteiger partial charge is 0.480 e. The molecule has 2 N–H and O–H groups in total. The molecule has 0 bridgehead atoms. The number of aliphatic carboxylic acids is 1. The van der Waals surface area contributed by atoms with E-state index in [9.17, 15) is 9.90 Å². The summed E-state index contributed by atoms with van der Waals surface area (Å²) in [5.41, 5.74) is 1.35. The first-order chi connectivity index (χ1) is 9.45. The van der Waals surface area contributed by atoms with E-state index in [1.807, 2.05) is 0 Å². The fourth-order valence-electron chi connectivity index (χ4n) is 2.76. The minimum absolute atomic E-state index is 0.337. The van der Waals surface area contributed by atoms with Crippen LogP contribution in [0.3, 0.4) is 0 Å². The highest BCUT2D eigenvalue weighted by molar-refractivity contribution is 9.10. The van der Waals surface area contributed by atoms with Crippen molar-refractivity contribution in [3.8, 4) is 0 Å². The third-order valence-electron chi connectivity index (χ3n) is 3.92. The fraction of sp³-hybridized carbons (Fsp3) is 0.562. The van der Waals surface area contributed by atoms with Crippen LogP contribution >= 0.6 is 15.9 Å². The second-order valence-electron chi connectivity index (χ2n) is 6.10. The standard InChI is InChI=1S/C16H22BrNO2/c1-10(2)7-15(16(19)20)18-14-8-12(9-14)11-3-5-13(17)6-4-11/h3-6,10,12,14-15,18H,7-9H2,1-2H3,(H,19,20). The van der Waals surface area contributed by atoms with E-state index in [0.717, 1.165) is 17.3 Å². The normalized spacial score (nSPS) is 23.4. The van der Waals surface area contributed by atoms with E-state index in [0.29, 0.717) is 24.3 Å². The lowest BCUT2D eigenvalue weighted by Crippen LogP contribution is -2.49. The van der Waals surface area contributed by atoms with Gasteiger partial charge in [-0.05, 0) is 48.8 Å². The summed E-state index contributed by atoms with van der Waals surface area (Å²) in [5.74, 6) is 0.228. The molecule has 4 heteroatoms. The highest BCUT2D eigenvalue weighted by atomic mass is 79.9. The van der Waals surface area contributed by atoms with Gasteiger partial charge in [-0.2, -0.15) is 0 Å². The molecule has 3 nitrogen and oxygen atoms in total. The number of carboxylic acids is 1. The number of halogens is 1. The van der Waals surface area contributed by atoms with E-state index in [-0.39, 0.29) is 0 Å². The van der Waals surface area contributed by atoms with Crippen LogP contribution in [0.2, 0.25) is 0 Å². The van der Waals surface area contributed by atoms with Gasteiger partial charge in [0.2, 0.25) is 0 Å². The molecule has 1 atom stereocenters. The highest BCUT2D eigenvalue weighted by Crippen LogP contribution is 2.37. The lowest BCUT2D eigenvalue weighted by Gasteiger charge is -2.38. The molecule has 0 radical (unpaired) electrons. The van der Waals surface area contributed by atoms with Crippen LogP contribution in [0.15, 0.2) is 28.7 Å². The van der Waals surface area contributed by atoms with Crippen molar-refractivity contribution in [2.24, 2.45) is 5.92 Å². The van der Waals surface area contributed by atoms with Crippen LogP contribution in [-0.2, 0) is 4.79 Å². The van der Waals surface area contributed by atoms with Crippen LogP contribution in [0.1, 0.15) is 44.6 Å². The monoisotopic (exact) mass is 339 g/mol. The zero-order valence-corrected chi connectivity index (χ0v) is 13.6. The number of rotatable bonds is 6. The third-order valence-corrected chi connectivity index (χ3v) is 4.45. The van der Waals surface area contributed by atoms with Gasteiger partial charge in [0.15, 0.2) is 0 Å². The molecule has 20 heavy (non-hydrogen) atoms. The summed E-state index contributed by atoms with van der Waals surface area (Å²) >= 11 is 3.44. The minimum Gasteiger partial charge on any atom is -0.480 e. The molecule has 0 amide bonds. The summed E-state index contributed by atoms with van der Waals surface area (Å²) in [6.07, 6.45) is 2.75. The van der Waals surface area contributed by atoms with Crippen LogP contribution < -0.4 is 5.32 Å². The predicted octanol–water partition coefficient (Wildman–Crippen LogP) is 3.78. The average molecular weight is 340 g/mol. The van der Waals surface area contributed by atoms with Crippen LogP contribution in [0, 0.1) is 5.92 Å². The molecule has 0 aliphatic heterocycles. The first kappa shape index (κ1) is 15.5. The van der Waals surface area contributed by atoms with E-state index >= 15 is 0 Å². The van der Waals surface area contributed by atoms with E-state index < -0.39 is 12.0 Å². The molecule has 1 fully saturated rings. The summed E-state index contributed by atoms with van der Waals surface area (Å²) < 4.78 is 1.10. The van der Waals surface area contributed by atoms with E-state index in [1.165, 1.54) is 5.56 Å². The smallest absolute Gasteiger partial charge is 0.320 e. The fourth-order valence-corrected chi connectivity index (χ4v) is 3.02. The Labute approximate surface area is 128 Å². The Morgan fingerprint density at radius 2 is 1.95 bits per heavy atom. The molecule has 0 aromatic heterocycles. The Balaban J connectivity index is 1.83. The Morgan fingerprint density at radius 1 is 1.35 bits per heavy atom. The van der Waals surface area contributed by atoms with Gasteiger partial charge in [-0.15, -0.1) is 0 Å². The van der Waals surface area contributed by atoms with Crippen molar-refractivity contribution < 1.29 is 9.90 Å². The first-order valence-electron chi connectivity index (χ1n) is 7.20. The number of hydrogen-bond acceptors (Lipinski definition) is 2. The molecule has 1 aliphatic rings. The van der Waals surface area contributed by atoms with Gasteiger partial charge in [0, 0.05) is 10.5 Å². The SMILES string of the molecule is CC(C)CC(NC1CC(c2ccc(Br)cc2)C1)C(=O)O. The molecule has 0 spiro atoms. The van der Waals surface area contributed by atoms with Crippen molar-refractivity contribution in [3.63, 3.8) is 0 Å². The summed E-state index contributed by atoms with van der Waals surface area (Å²) in [4.78, 5) is 11.2. The Morgan fingerprint density at radius 3 is 2.45 bits per heavy atom. The van der Waals surface area contributed by atoms with E-state index in [1.54, 1.807) is 0 Å². The van der Waals surface area contributed by atoms with Gasteiger partial charge >= 0.3 is 5.97 Å². The number of carboxylic acid groups (broad SMARTS) is 1. The summed E-state index contributed by atoms with van der Waals surface area (Å²) in [7, 11) is 0. The summed E-state index contributed by atoms with van der Waals surface area (Å²) in [6.45, 7) is 4.12. The van der Waals surface area contributed by atoms with Crippen LogP contribution in [-0.4, -0.2) is 23.2 Å². The molecule has 0 heterocycles. The molecule has 0 saturated heterocycles. The molecule has 1 aromatic carbocycles. The Hall–Kier alpha value is -0.870. The van der Waals surface area contributed by atoms with Gasteiger partial charge in [0.1, 0.15) is 6.04 Å². The Kier molecular flexibility index (Phi) is 5.22. The van der Waals surface area contributed by atoms with Crippen LogP contribution in [0.5, 0.6) is 0 Å². The molecule has 1 aromatic rings. The Bertz CT molecular complexity index is 452. The van der Waals surface area contributed by atoms with Crippen molar-refractivity contribution in [1.29, 1.82) is 0 Å². The lowest BCUT2D eigenvalue weighted by atomic mass is 9.75. The minimum atomic E-state index is -0.731. The van der Waals surface area contributed by atoms with Gasteiger partial charge < -0.3 is 10.4 Å². The molecular formula is C16H22BrNO2. The second kappa shape index (κ2) is 6.72. The number of benzene rings is 1. The molecule has 1 aliphatic carbocycles. The summed E-state index contributed by atoms with van der Waals surface area (Å²) in [5, 5.41) is 12.5. The zero-order valence-electron chi connectivity index (χ0n) is 12.0. The molecule has 110 valence electrons. The van der Waals surface area contributed by atoms with Gasteiger partial charge in [-0.1, -0.05) is 41.9 Å². The van der Waals surface area contributed by atoms with Crippen molar-refractivity contribution in [3.05, 3.63) is 34.3 Å². The maximum atomic E-state index is 11.2. The van der Waals surface area contributed by atoms with Gasteiger partial charge in [-0.3, -0.25) is 4.79 Å². The number of nitrogens with one attached hydrogen (secondary N) is 1. The van der Waals surface area contributed by atoms with Crippen LogP contribution in [0.4, 0.5) is 0 Å². The molecule has 2 rings (SSSR count). The van der Waals surface area contributed by atoms with E-state index in [4.69, 9.17) is 0 Å². The topological polar surface area (TPSA) is 49.3 Å². The van der Waals surface area contributed by atoms with Crippen molar-refractivity contribution >= 4 is 21.9 Å². The molecule has 1 unspecified atom stereocenters. The second-order valence-corrected chi connectivity index (χ2v) is 7.02.